The molecule has 1 unspecified atom stereocenters. The van der Waals surface area contributed by atoms with Gasteiger partial charge in [-0.25, -0.2) is 4.39 Å². The van der Waals surface area contributed by atoms with E-state index < -0.39 is 6.10 Å². The van der Waals surface area contributed by atoms with Crippen LogP contribution in [0.3, 0.4) is 0 Å². The van der Waals surface area contributed by atoms with Crippen molar-refractivity contribution < 1.29 is 9.50 Å². The quantitative estimate of drug-likeness (QED) is 0.864. The van der Waals surface area contributed by atoms with Crippen molar-refractivity contribution in [2.45, 2.75) is 19.4 Å². The van der Waals surface area contributed by atoms with Crippen molar-refractivity contribution in [3.05, 3.63) is 57.5 Å². The molecule has 0 aliphatic carbocycles. The fourth-order valence-corrected chi connectivity index (χ4v) is 2.54. The number of aliphatic hydroxyl groups is 1. The lowest BCUT2D eigenvalue weighted by Crippen LogP contribution is -1.97. The smallest absolute Gasteiger partial charge is 0.123 e. The molecule has 1 heterocycles. The Morgan fingerprint density at radius 2 is 2.12 bits per heavy atom. The number of halogens is 1. The first-order valence-corrected chi connectivity index (χ1v) is 6.04. The first-order valence-electron chi connectivity index (χ1n) is 5.23. The van der Waals surface area contributed by atoms with Gasteiger partial charge in [-0.3, -0.25) is 0 Å². The molecule has 2 rings (SSSR count). The monoisotopic (exact) mass is 236 g/mol. The number of aryl methyl sites for hydroxylation is 1. The van der Waals surface area contributed by atoms with Crippen LogP contribution in [0.15, 0.2) is 36.4 Å². The van der Waals surface area contributed by atoms with Gasteiger partial charge in [0, 0.05) is 9.75 Å². The van der Waals surface area contributed by atoms with Gasteiger partial charge >= 0.3 is 0 Å². The van der Waals surface area contributed by atoms with Gasteiger partial charge in [0.1, 0.15) is 11.9 Å². The van der Waals surface area contributed by atoms with E-state index in [0.29, 0.717) is 5.56 Å². The number of hydrogen-bond donors (Lipinski definition) is 1. The summed E-state index contributed by atoms with van der Waals surface area (Å²) >= 11 is 1.57. The van der Waals surface area contributed by atoms with Crippen molar-refractivity contribution in [1.29, 1.82) is 0 Å². The van der Waals surface area contributed by atoms with E-state index in [-0.39, 0.29) is 5.82 Å². The van der Waals surface area contributed by atoms with Gasteiger partial charge in [0.05, 0.1) is 0 Å². The third-order valence-electron chi connectivity index (χ3n) is 2.46. The summed E-state index contributed by atoms with van der Waals surface area (Å²) in [5, 5.41) is 10.1. The minimum atomic E-state index is -0.721. The Bertz CT molecular complexity index is 478. The molecule has 1 aromatic heterocycles. The average Bonchev–Trinajstić information content (AvgIpc) is 2.76. The van der Waals surface area contributed by atoms with E-state index >= 15 is 0 Å². The van der Waals surface area contributed by atoms with Crippen LogP contribution in [0, 0.1) is 5.82 Å². The molecule has 0 spiro atoms. The third kappa shape index (κ3) is 2.31. The highest BCUT2D eigenvalue weighted by molar-refractivity contribution is 7.12. The predicted molar refractivity (Wildman–Crippen MR) is 64.2 cm³/mol. The van der Waals surface area contributed by atoms with E-state index in [9.17, 15) is 9.50 Å². The van der Waals surface area contributed by atoms with Gasteiger partial charge in [0.25, 0.3) is 0 Å². The molecule has 2 aromatic rings. The summed E-state index contributed by atoms with van der Waals surface area (Å²) in [6, 6.07) is 10.0. The highest BCUT2D eigenvalue weighted by atomic mass is 32.1. The Balaban J connectivity index is 2.27. The molecule has 16 heavy (non-hydrogen) atoms. The van der Waals surface area contributed by atoms with Crippen LogP contribution in [-0.2, 0) is 6.42 Å². The van der Waals surface area contributed by atoms with E-state index in [0.717, 1.165) is 11.3 Å². The highest BCUT2D eigenvalue weighted by Gasteiger charge is 2.13. The molecule has 1 aromatic carbocycles. The number of thiophene rings is 1. The number of aliphatic hydroxyl groups excluding tert-OH is 1. The van der Waals surface area contributed by atoms with E-state index in [2.05, 4.69) is 6.92 Å². The van der Waals surface area contributed by atoms with E-state index in [1.807, 2.05) is 12.1 Å². The topological polar surface area (TPSA) is 20.2 Å². The zero-order valence-corrected chi connectivity index (χ0v) is 9.80. The molecule has 0 radical (unpaired) electrons. The standard InChI is InChI=1S/C13H13FOS/c1-2-11-6-7-12(16-11)13(15)9-4-3-5-10(14)8-9/h3-8,13,15H,2H2,1H3. The summed E-state index contributed by atoms with van der Waals surface area (Å²) in [5.41, 5.74) is 0.601. The van der Waals surface area contributed by atoms with Gasteiger partial charge in [-0.05, 0) is 36.2 Å². The molecule has 0 amide bonds. The number of hydrogen-bond acceptors (Lipinski definition) is 2. The molecule has 3 heteroatoms. The fraction of sp³-hybridized carbons (Fsp3) is 0.231. The first kappa shape index (κ1) is 11.3. The van der Waals surface area contributed by atoms with Crippen LogP contribution in [0.4, 0.5) is 4.39 Å². The maximum absolute atomic E-state index is 13.0. The van der Waals surface area contributed by atoms with Crippen LogP contribution in [-0.4, -0.2) is 5.11 Å². The average molecular weight is 236 g/mol. The molecule has 0 saturated carbocycles. The molecule has 0 fully saturated rings. The fourth-order valence-electron chi connectivity index (χ4n) is 1.57. The lowest BCUT2D eigenvalue weighted by atomic mass is 10.1. The van der Waals surface area contributed by atoms with Crippen LogP contribution >= 0.6 is 11.3 Å². The van der Waals surface area contributed by atoms with Gasteiger partial charge < -0.3 is 5.11 Å². The summed E-state index contributed by atoms with van der Waals surface area (Å²) in [6.45, 7) is 2.07. The number of rotatable bonds is 3. The Kier molecular flexibility index (Phi) is 3.36. The second-order valence-corrected chi connectivity index (χ2v) is 4.82. The summed E-state index contributed by atoms with van der Waals surface area (Å²) < 4.78 is 13.0. The van der Waals surface area contributed by atoms with Crippen LogP contribution in [0.5, 0.6) is 0 Å². The molecule has 1 N–H and O–H groups in total. The Morgan fingerprint density at radius 3 is 2.75 bits per heavy atom. The lowest BCUT2D eigenvalue weighted by molar-refractivity contribution is 0.223. The summed E-state index contributed by atoms with van der Waals surface area (Å²) in [6.07, 6.45) is 0.238. The van der Waals surface area contributed by atoms with Crippen LogP contribution < -0.4 is 0 Å². The van der Waals surface area contributed by atoms with Crippen LogP contribution in [0.25, 0.3) is 0 Å². The van der Waals surface area contributed by atoms with Crippen molar-refractivity contribution >= 4 is 11.3 Å². The van der Waals surface area contributed by atoms with Crippen molar-refractivity contribution in [3.8, 4) is 0 Å². The molecule has 1 nitrogen and oxygen atoms in total. The molecule has 0 saturated heterocycles. The molecule has 84 valence electrons. The van der Waals surface area contributed by atoms with E-state index in [4.69, 9.17) is 0 Å². The van der Waals surface area contributed by atoms with Crippen LogP contribution in [0.2, 0.25) is 0 Å². The Hall–Kier alpha value is -1.19. The van der Waals surface area contributed by atoms with E-state index in [1.165, 1.54) is 17.0 Å². The number of benzene rings is 1. The zero-order valence-electron chi connectivity index (χ0n) is 8.98. The normalized spacial score (nSPS) is 12.7. The zero-order chi connectivity index (χ0) is 11.5. The van der Waals surface area contributed by atoms with Crippen molar-refractivity contribution in [1.82, 2.24) is 0 Å². The molecular formula is C13H13FOS. The molecular weight excluding hydrogens is 223 g/mol. The van der Waals surface area contributed by atoms with Crippen molar-refractivity contribution in [2.24, 2.45) is 0 Å². The maximum atomic E-state index is 13.0. The highest BCUT2D eigenvalue weighted by Crippen LogP contribution is 2.28. The predicted octanol–water partition coefficient (Wildman–Crippen LogP) is 3.53. The van der Waals surface area contributed by atoms with Crippen molar-refractivity contribution in [3.63, 3.8) is 0 Å². The molecule has 0 aliphatic heterocycles. The van der Waals surface area contributed by atoms with Gasteiger partial charge in [-0.1, -0.05) is 19.1 Å². The molecule has 1 atom stereocenters. The summed E-state index contributed by atoms with van der Waals surface area (Å²) in [5.74, 6) is -0.316. The van der Waals surface area contributed by atoms with Crippen molar-refractivity contribution in [2.75, 3.05) is 0 Å². The minimum Gasteiger partial charge on any atom is -0.383 e. The van der Waals surface area contributed by atoms with Gasteiger partial charge in [-0.2, -0.15) is 0 Å². The summed E-state index contributed by atoms with van der Waals surface area (Å²) in [7, 11) is 0. The lowest BCUT2D eigenvalue weighted by Gasteiger charge is -2.08. The van der Waals surface area contributed by atoms with Gasteiger partial charge in [0.15, 0.2) is 0 Å². The molecule has 0 aliphatic rings. The van der Waals surface area contributed by atoms with Crippen LogP contribution in [0.1, 0.15) is 28.3 Å². The second-order valence-electron chi connectivity index (χ2n) is 3.62. The Labute approximate surface area is 98.2 Å². The SMILES string of the molecule is CCc1ccc(C(O)c2cccc(F)c2)s1. The van der Waals surface area contributed by atoms with Gasteiger partial charge in [-0.15, -0.1) is 11.3 Å². The first-order chi connectivity index (χ1) is 7.70. The van der Waals surface area contributed by atoms with Gasteiger partial charge in [0.2, 0.25) is 0 Å². The molecule has 0 bridgehead atoms. The largest absolute Gasteiger partial charge is 0.383 e. The van der Waals surface area contributed by atoms with E-state index in [1.54, 1.807) is 23.5 Å². The summed E-state index contributed by atoms with van der Waals surface area (Å²) in [4.78, 5) is 2.09. The Morgan fingerprint density at radius 1 is 1.31 bits per heavy atom. The minimum absolute atomic E-state index is 0.316. The second kappa shape index (κ2) is 4.76. The third-order valence-corrected chi connectivity index (χ3v) is 3.75. The maximum Gasteiger partial charge on any atom is 0.123 e.